The summed E-state index contributed by atoms with van der Waals surface area (Å²) in [6.07, 6.45) is 19.8. The molecule has 28 heavy (non-hydrogen) atoms. The molecule has 2 heteroatoms. The largest absolute Gasteiger partial charge is 0.206 e. The van der Waals surface area contributed by atoms with E-state index in [9.17, 15) is 4.39 Å². The van der Waals surface area contributed by atoms with E-state index in [4.69, 9.17) is 5.26 Å². The minimum Gasteiger partial charge on any atom is -0.206 e. The number of nitrogens with zero attached hydrogens (tertiary/aromatic N) is 1. The number of halogens is 1. The summed E-state index contributed by atoms with van der Waals surface area (Å²) in [5, 5.41) is 8.92. The van der Waals surface area contributed by atoms with Gasteiger partial charge in [0.2, 0.25) is 0 Å². The molecule has 0 unspecified atom stereocenters. The van der Waals surface area contributed by atoms with Crippen molar-refractivity contribution >= 4 is 0 Å². The van der Waals surface area contributed by atoms with Crippen LogP contribution in [-0.2, 0) is 0 Å². The molecule has 1 aromatic rings. The topological polar surface area (TPSA) is 23.8 Å². The lowest BCUT2D eigenvalue weighted by Crippen LogP contribution is -2.25. The molecule has 0 heterocycles. The molecule has 152 valence electrons. The molecule has 1 nitrogen and oxygen atoms in total. The van der Waals surface area contributed by atoms with Crippen LogP contribution in [-0.4, -0.2) is 0 Å². The zero-order valence-electron chi connectivity index (χ0n) is 17.3. The lowest BCUT2D eigenvalue weighted by Gasteiger charge is -2.38. The normalized spacial score (nSPS) is 31.6. The Bertz CT molecular complexity index is 668. The maximum Gasteiger partial charge on any atom is 0.141 e. The fourth-order valence-corrected chi connectivity index (χ4v) is 6.52. The smallest absolute Gasteiger partial charge is 0.141 e. The number of benzene rings is 1. The van der Waals surface area contributed by atoms with Crippen molar-refractivity contribution in [2.75, 3.05) is 0 Å². The summed E-state index contributed by atoms with van der Waals surface area (Å²) in [6.45, 7) is 0. The van der Waals surface area contributed by atoms with E-state index in [0.29, 0.717) is 5.92 Å². The summed E-state index contributed by atoms with van der Waals surface area (Å²) >= 11 is 0. The fraction of sp³-hybridized carbons (Fsp3) is 0.731. The van der Waals surface area contributed by atoms with Crippen LogP contribution in [0.2, 0.25) is 0 Å². The van der Waals surface area contributed by atoms with E-state index < -0.39 is 0 Å². The van der Waals surface area contributed by atoms with Crippen molar-refractivity contribution in [3.8, 4) is 6.07 Å². The molecular weight excluding hydrogens is 345 g/mol. The molecule has 3 aliphatic rings. The van der Waals surface area contributed by atoms with Gasteiger partial charge < -0.3 is 0 Å². The first kappa shape index (κ1) is 19.9. The number of nitriles is 1. The summed E-state index contributed by atoms with van der Waals surface area (Å²) in [7, 11) is 0. The average molecular weight is 382 g/mol. The zero-order chi connectivity index (χ0) is 19.3. The van der Waals surface area contributed by atoms with Crippen molar-refractivity contribution in [2.45, 2.75) is 95.8 Å². The molecule has 0 spiro atoms. The van der Waals surface area contributed by atoms with Crippen LogP contribution in [0, 0.1) is 40.8 Å². The molecule has 0 bridgehead atoms. The van der Waals surface area contributed by atoms with E-state index >= 15 is 0 Å². The van der Waals surface area contributed by atoms with Gasteiger partial charge in [-0.15, -0.1) is 0 Å². The molecule has 1 aromatic carbocycles. The minimum atomic E-state index is -0.349. The second-order valence-corrected chi connectivity index (χ2v) is 9.97. The van der Waals surface area contributed by atoms with E-state index in [1.807, 2.05) is 12.1 Å². The van der Waals surface area contributed by atoms with Gasteiger partial charge in [0.1, 0.15) is 11.9 Å². The SMILES string of the molecule is N#Cc1ccc([C@H]2CC[C@H]([C@H]3CC[C@H](CCC4CCCC4)CC3)CC2)cc1F. The van der Waals surface area contributed by atoms with Crippen LogP contribution in [0.15, 0.2) is 18.2 Å². The predicted molar refractivity (Wildman–Crippen MR) is 112 cm³/mol. The van der Waals surface area contributed by atoms with E-state index in [2.05, 4.69) is 0 Å². The van der Waals surface area contributed by atoms with Crippen molar-refractivity contribution in [1.29, 1.82) is 5.26 Å². The van der Waals surface area contributed by atoms with Crippen LogP contribution in [0.25, 0.3) is 0 Å². The van der Waals surface area contributed by atoms with Crippen molar-refractivity contribution in [2.24, 2.45) is 23.7 Å². The summed E-state index contributed by atoms with van der Waals surface area (Å²) in [5.41, 5.74) is 1.27. The van der Waals surface area contributed by atoms with E-state index in [-0.39, 0.29) is 11.4 Å². The highest BCUT2D eigenvalue weighted by molar-refractivity contribution is 5.34. The summed E-state index contributed by atoms with van der Waals surface area (Å²) < 4.78 is 13.9. The van der Waals surface area contributed by atoms with E-state index in [0.717, 1.165) is 29.2 Å². The highest BCUT2D eigenvalue weighted by Crippen LogP contribution is 2.45. The third kappa shape index (κ3) is 4.79. The van der Waals surface area contributed by atoms with Gasteiger partial charge >= 0.3 is 0 Å². The first-order valence-electron chi connectivity index (χ1n) is 11.9. The quantitative estimate of drug-likeness (QED) is 0.511. The lowest BCUT2D eigenvalue weighted by atomic mass is 9.68. The van der Waals surface area contributed by atoms with Crippen LogP contribution in [0.5, 0.6) is 0 Å². The number of rotatable bonds is 5. The molecule has 0 atom stereocenters. The average Bonchev–Trinajstić information content (AvgIpc) is 3.26. The van der Waals surface area contributed by atoms with Gasteiger partial charge in [-0.1, -0.05) is 57.4 Å². The molecule has 0 aromatic heterocycles. The lowest BCUT2D eigenvalue weighted by molar-refractivity contribution is 0.153. The summed E-state index contributed by atoms with van der Waals surface area (Å²) in [4.78, 5) is 0. The number of hydrogen-bond acceptors (Lipinski definition) is 1. The first-order chi connectivity index (χ1) is 13.7. The van der Waals surface area contributed by atoms with Crippen LogP contribution in [0.3, 0.4) is 0 Å². The molecule has 3 fully saturated rings. The molecular formula is C26H36FN. The van der Waals surface area contributed by atoms with Gasteiger partial charge in [-0.3, -0.25) is 0 Å². The highest BCUT2D eigenvalue weighted by Gasteiger charge is 2.31. The van der Waals surface area contributed by atoms with Gasteiger partial charge in [-0.25, -0.2) is 4.39 Å². The molecule has 0 aliphatic heterocycles. The molecule has 0 saturated heterocycles. The Hall–Kier alpha value is -1.36. The van der Waals surface area contributed by atoms with E-state index in [1.165, 1.54) is 89.9 Å². The van der Waals surface area contributed by atoms with Crippen LogP contribution < -0.4 is 0 Å². The summed E-state index contributed by atoms with van der Waals surface area (Å²) in [6, 6.07) is 7.17. The zero-order valence-corrected chi connectivity index (χ0v) is 17.3. The van der Waals surface area contributed by atoms with Crippen molar-refractivity contribution in [1.82, 2.24) is 0 Å². The maximum absolute atomic E-state index is 13.9. The van der Waals surface area contributed by atoms with Gasteiger partial charge in [-0.2, -0.15) is 5.26 Å². The van der Waals surface area contributed by atoms with Gasteiger partial charge in [0, 0.05) is 0 Å². The number of hydrogen-bond donors (Lipinski definition) is 0. The van der Waals surface area contributed by atoms with Crippen molar-refractivity contribution in [3.63, 3.8) is 0 Å². The van der Waals surface area contributed by atoms with Crippen molar-refractivity contribution in [3.05, 3.63) is 35.1 Å². The predicted octanol–water partition coefficient (Wildman–Crippen LogP) is 7.75. The van der Waals surface area contributed by atoms with Gasteiger partial charge in [0.05, 0.1) is 5.56 Å². The highest BCUT2D eigenvalue weighted by atomic mass is 19.1. The Labute approximate surface area is 170 Å². The van der Waals surface area contributed by atoms with E-state index in [1.54, 1.807) is 12.1 Å². The molecule has 0 radical (unpaired) electrons. The van der Waals surface area contributed by atoms with Gasteiger partial charge in [0.25, 0.3) is 0 Å². The Morgan fingerprint density at radius 3 is 1.93 bits per heavy atom. The van der Waals surface area contributed by atoms with Crippen LogP contribution in [0.4, 0.5) is 4.39 Å². The second kappa shape index (κ2) is 9.43. The third-order valence-corrected chi connectivity index (χ3v) is 8.37. The Kier molecular flexibility index (Phi) is 6.71. The van der Waals surface area contributed by atoms with Gasteiger partial charge in [-0.05, 0) is 85.8 Å². The minimum absolute atomic E-state index is 0.169. The third-order valence-electron chi connectivity index (χ3n) is 8.37. The fourth-order valence-electron chi connectivity index (χ4n) is 6.52. The molecule has 0 amide bonds. The standard InChI is InChI=1S/C26H36FN/c27-26-17-24(15-16-25(26)18-28)23-13-11-22(12-14-23)21-9-7-20(8-10-21)6-5-19-3-1-2-4-19/h15-17,19-23H,1-14H2/t20-,21-,22-,23-. The maximum atomic E-state index is 13.9. The Morgan fingerprint density at radius 2 is 1.36 bits per heavy atom. The Morgan fingerprint density at radius 1 is 0.786 bits per heavy atom. The first-order valence-corrected chi connectivity index (χ1v) is 11.9. The summed E-state index contributed by atoms with van der Waals surface area (Å²) in [5.74, 6) is 4.05. The second-order valence-electron chi connectivity index (χ2n) is 9.97. The van der Waals surface area contributed by atoms with Crippen LogP contribution in [0.1, 0.15) is 107 Å². The van der Waals surface area contributed by atoms with Crippen molar-refractivity contribution < 1.29 is 4.39 Å². The van der Waals surface area contributed by atoms with Crippen LogP contribution >= 0.6 is 0 Å². The van der Waals surface area contributed by atoms with Gasteiger partial charge in [0.15, 0.2) is 0 Å². The molecule has 3 aliphatic carbocycles. The molecule has 0 N–H and O–H groups in total. The molecule has 3 saturated carbocycles. The Balaban J connectivity index is 1.20. The molecule has 4 rings (SSSR count). The monoisotopic (exact) mass is 381 g/mol.